The number of piperazine rings is 1. The van der Waals surface area contributed by atoms with Crippen molar-refractivity contribution in [1.82, 2.24) is 9.80 Å². The lowest BCUT2D eigenvalue weighted by molar-refractivity contribution is -0.138. The molecule has 1 aromatic rings. The Bertz CT molecular complexity index is 692. The number of halogens is 3. The van der Waals surface area contributed by atoms with Crippen LogP contribution in [0.15, 0.2) is 24.3 Å². The van der Waals surface area contributed by atoms with Gasteiger partial charge in [0.05, 0.1) is 12.0 Å². The number of alkyl halides is 2. The summed E-state index contributed by atoms with van der Waals surface area (Å²) in [6, 6.07) is 5.78. The molecule has 1 saturated heterocycles. The third kappa shape index (κ3) is 3.91. The van der Waals surface area contributed by atoms with E-state index in [0.717, 1.165) is 0 Å². The molecule has 0 spiro atoms. The number of hydrogen-bond donors (Lipinski definition) is 1. The monoisotopic (exact) mass is 387 g/mol. The molecule has 2 amide bonds. The van der Waals surface area contributed by atoms with E-state index in [4.69, 9.17) is 23.2 Å². The van der Waals surface area contributed by atoms with Crippen LogP contribution in [0.2, 0.25) is 0 Å². The first kappa shape index (κ1) is 18.4. The van der Waals surface area contributed by atoms with E-state index in [1.165, 1.54) is 12.1 Å². The van der Waals surface area contributed by atoms with Crippen LogP contribution in [0.5, 0.6) is 0 Å². The second-order valence-electron chi connectivity index (χ2n) is 6.84. The van der Waals surface area contributed by atoms with Gasteiger partial charge in [0.2, 0.25) is 11.8 Å². The largest absolute Gasteiger partial charge is 0.340 e. The molecule has 1 saturated carbocycles. The summed E-state index contributed by atoms with van der Waals surface area (Å²) in [7, 11) is 0. The van der Waals surface area contributed by atoms with E-state index in [9.17, 15) is 14.0 Å². The van der Waals surface area contributed by atoms with Gasteiger partial charge in [0, 0.05) is 31.9 Å². The average molecular weight is 388 g/mol. The highest BCUT2D eigenvalue weighted by molar-refractivity contribution is 6.53. The Morgan fingerprint density at radius 3 is 2.44 bits per heavy atom. The van der Waals surface area contributed by atoms with Crippen LogP contribution < -0.4 is 5.32 Å². The van der Waals surface area contributed by atoms with E-state index in [2.05, 4.69) is 5.32 Å². The van der Waals surface area contributed by atoms with Gasteiger partial charge in [-0.25, -0.2) is 4.39 Å². The molecule has 0 radical (unpaired) electrons. The molecule has 0 unspecified atom stereocenters. The standard InChI is InChI=1S/C17H20Cl2FN3O2/c1-16(11-17(16,18)19)15(25)23-7-5-22(6-8-23)10-14(24)21-13-4-2-3-12(20)9-13/h2-4,9H,5-8,10-11H2,1H3,(H,21,24)/t16-/m0/s1. The van der Waals surface area contributed by atoms with Crippen LogP contribution in [0.3, 0.4) is 0 Å². The Balaban J connectivity index is 1.46. The third-order valence-electron chi connectivity index (χ3n) is 4.86. The molecule has 0 aromatic heterocycles. The molecule has 3 rings (SSSR count). The van der Waals surface area contributed by atoms with E-state index >= 15 is 0 Å². The van der Waals surface area contributed by atoms with Gasteiger partial charge in [-0.2, -0.15) is 0 Å². The third-order valence-corrected chi connectivity index (χ3v) is 5.97. The summed E-state index contributed by atoms with van der Waals surface area (Å²) in [5.74, 6) is -0.630. The molecule has 136 valence electrons. The lowest BCUT2D eigenvalue weighted by Gasteiger charge is -2.36. The topological polar surface area (TPSA) is 52.7 Å². The summed E-state index contributed by atoms with van der Waals surface area (Å²) in [6.45, 7) is 4.24. The van der Waals surface area contributed by atoms with Crippen LogP contribution in [0.1, 0.15) is 13.3 Å². The zero-order chi connectivity index (χ0) is 18.2. The zero-order valence-electron chi connectivity index (χ0n) is 13.9. The number of benzene rings is 1. The van der Waals surface area contributed by atoms with Crippen LogP contribution in [-0.4, -0.2) is 58.7 Å². The minimum absolute atomic E-state index is 0.0265. The molecule has 1 atom stereocenters. The number of carbonyl (C=O) groups is 2. The summed E-state index contributed by atoms with van der Waals surface area (Å²) in [6.07, 6.45) is 0.470. The van der Waals surface area contributed by atoms with Crippen LogP contribution in [-0.2, 0) is 9.59 Å². The molecule has 2 aliphatic rings. The molecule has 5 nitrogen and oxygen atoms in total. The van der Waals surface area contributed by atoms with E-state index in [-0.39, 0.29) is 18.4 Å². The van der Waals surface area contributed by atoms with Crippen molar-refractivity contribution in [2.75, 3.05) is 38.0 Å². The maximum atomic E-state index is 13.1. The van der Waals surface area contributed by atoms with Gasteiger partial charge < -0.3 is 10.2 Å². The first-order valence-corrected chi connectivity index (χ1v) is 8.92. The van der Waals surface area contributed by atoms with Crippen molar-refractivity contribution in [2.45, 2.75) is 17.7 Å². The van der Waals surface area contributed by atoms with Crippen LogP contribution >= 0.6 is 23.2 Å². The smallest absolute Gasteiger partial charge is 0.238 e. The number of rotatable bonds is 4. The molecular formula is C17H20Cl2FN3O2. The Morgan fingerprint density at radius 2 is 1.88 bits per heavy atom. The Kier molecular flexibility index (Phi) is 4.97. The van der Waals surface area contributed by atoms with Gasteiger partial charge in [-0.05, 0) is 31.5 Å². The molecule has 8 heteroatoms. The number of nitrogens with zero attached hydrogens (tertiary/aromatic N) is 2. The first-order chi connectivity index (χ1) is 11.7. The Hall–Kier alpha value is -1.37. The van der Waals surface area contributed by atoms with Crippen LogP contribution in [0, 0.1) is 11.2 Å². The first-order valence-electron chi connectivity index (χ1n) is 8.16. The van der Waals surface area contributed by atoms with Gasteiger partial charge in [-0.3, -0.25) is 14.5 Å². The van der Waals surface area contributed by atoms with Gasteiger partial charge >= 0.3 is 0 Å². The molecule has 0 bridgehead atoms. The van der Waals surface area contributed by atoms with Crippen molar-refractivity contribution in [3.8, 4) is 0 Å². The van der Waals surface area contributed by atoms with E-state index in [0.29, 0.717) is 38.3 Å². The maximum absolute atomic E-state index is 13.1. The minimum Gasteiger partial charge on any atom is -0.340 e. The molecule has 2 fully saturated rings. The van der Waals surface area contributed by atoms with Crippen molar-refractivity contribution in [3.05, 3.63) is 30.1 Å². The second kappa shape index (κ2) is 6.74. The van der Waals surface area contributed by atoms with Crippen molar-refractivity contribution in [3.63, 3.8) is 0 Å². The highest BCUT2D eigenvalue weighted by Crippen LogP contribution is 2.64. The highest BCUT2D eigenvalue weighted by atomic mass is 35.5. The van der Waals surface area contributed by atoms with Crippen molar-refractivity contribution in [2.24, 2.45) is 5.41 Å². The molecule has 1 aromatic carbocycles. The summed E-state index contributed by atoms with van der Waals surface area (Å²) in [5.41, 5.74) is -0.270. The summed E-state index contributed by atoms with van der Waals surface area (Å²) in [5, 5.41) is 2.67. The molecule has 1 aliphatic carbocycles. The fraction of sp³-hybridized carbons (Fsp3) is 0.529. The number of amides is 2. The molecule has 25 heavy (non-hydrogen) atoms. The minimum atomic E-state index is -0.966. The number of hydrogen-bond acceptors (Lipinski definition) is 3. The van der Waals surface area contributed by atoms with Gasteiger partial charge in [-0.15, -0.1) is 23.2 Å². The molecular weight excluding hydrogens is 368 g/mol. The highest BCUT2D eigenvalue weighted by Gasteiger charge is 2.68. The number of anilines is 1. The van der Waals surface area contributed by atoms with Crippen molar-refractivity contribution in [1.29, 1.82) is 0 Å². The lowest BCUT2D eigenvalue weighted by atomic mass is 10.1. The Labute approximate surface area is 156 Å². The normalized spacial score (nSPS) is 25.5. The predicted octanol–water partition coefficient (Wildman–Crippen LogP) is 2.49. The number of carbonyl (C=O) groups excluding carboxylic acids is 2. The molecule has 1 aliphatic heterocycles. The van der Waals surface area contributed by atoms with Gasteiger partial charge in [0.15, 0.2) is 0 Å². The second-order valence-corrected chi connectivity index (χ2v) is 8.32. The summed E-state index contributed by atoms with van der Waals surface area (Å²) < 4.78 is 12.2. The van der Waals surface area contributed by atoms with Crippen molar-refractivity contribution < 1.29 is 14.0 Å². The van der Waals surface area contributed by atoms with Crippen LogP contribution in [0.25, 0.3) is 0 Å². The Morgan fingerprint density at radius 1 is 1.24 bits per heavy atom. The van der Waals surface area contributed by atoms with E-state index in [1.807, 2.05) is 4.90 Å². The lowest BCUT2D eigenvalue weighted by Crippen LogP contribution is -2.52. The summed E-state index contributed by atoms with van der Waals surface area (Å²) >= 11 is 12.2. The number of nitrogens with one attached hydrogen (secondary N) is 1. The fourth-order valence-electron chi connectivity index (χ4n) is 3.06. The van der Waals surface area contributed by atoms with Gasteiger partial charge in [0.25, 0.3) is 0 Å². The van der Waals surface area contributed by atoms with E-state index in [1.54, 1.807) is 24.0 Å². The molecule has 1 N–H and O–H groups in total. The van der Waals surface area contributed by atoms with E-state index < -0.39 is 15.6 Å². The average Bonchev–Trinajstić information content (AvgIpc) is 3.07. The van der Waals surface area contributed by atoms with Crippen molar-refractivity contribution >= 4 is 40.7 Å². The van der Waals surface area contributed by atoms with Gasteiger partial charge in [-0.1, -0.05) is 6.07 Å². The maximum Gasteiger partial charge on any atom is 0.238 e. The van der Waals surface area contributed by atoms with Gasteiger partial charge in [0.1, 0.15) is 10.2 Å². The molecule has 1 heterocycles. The zero-order valence-corrected chi connectivity index (χ0v) is 15.4. The van der Waals surface area contributed by atoms with Crippen LogP contribution in [0.4, 0.5) is 10.1 Å². The fourth-order valence-corrected chi connectivity index (χ4v) is 3.76. The summed E-state index contributed by atoms with van der Waals surface area (Å²) in [4.78, 5) is 28.3. The predicted molar refractivity (Wildman–Crippen MR) is 95.2 cm³/mol. The quantitative estimate of drug-likeness (QED) is 0.807. The SMILES string of the molecule is C[C@@]1(C(=O)N2CCN(CC(=O)Nc3cccc(F)c3)CC2)CC1(Cl)Cl.